The van der Waals surface area contributed by atoms with Crippen LogP contribution < -0.4 is 0 Å². The van der Waals surface area contributed by atoms with Gasteiger partial charge < -0.3 is 9.47 Å². The largest absolute Gasteiger partial charge is 0.411 e. The Bertz CT molecular complexity index is 597. The van der Waals surface area contributed by atoms with Gasteiger partial charge in [-0.25, -0.2) is 0 Å². The van der Waals surface area contributed by atoms with E-state index < -0.39 is 47.0 Å². The van der Waals surface area contributed by atoms with E-state index in [0.29, 0.717) is 12.8 Å². The second-order valence-corrected chi connectivity index (χ2v) is 6.75. The van der Waals surface area contributed by atoms with Gasteiger partial charge in [-0.2, -0.15) is 8.42 Å². The zero-order valence-corrected chi connectivity index (χ0v) is 16.0. The van der Waals surface area contributed by atoms with E-state index in [1.54, 1.807) is 0 Å². The first-order chi connectivity index (χ1) is 12.2. The molecule has 0 saturated carbocycles. The number of carbonyl (C=O) groups excluding carboxylic acids is 3. The van der Waals surface area contributed by atoms with Gasteiger partial charge in [-0.1, -0.05) is 39.5 Å². The SMILES string of the molecule is CCCCCC(=O)OC(=O)CCC(=NS(=O)(=O)O)OC(=O)CCCCC. The topological polar surface area (TPSA) is 136 Å². The molecule has 1 N–H and O–H groups in total. The van der Waals surface area contributed by atoms with Crippen molar-refractivity contribution in [3.8, 4) is 0 Å². The molecule has 0 aliphatic rings. The molecule has 0 aromatic carbocycles. The van der Waals surface area contributed by atoms with Crippen molar-refractivity contribution in [1.29, 1.82) is 0 Å². The maximum atomic E-state index is 11.6. The van der Waals surface area contributed by atoms with Crippen LogP contribution in [0.15, 0.2) is 4.40 Å². The number of hydrogen-bond donors (Lipinski definition) is 1. The van der Waals surface area contributed by atoms with Crippen molar-refractivity contribution in [2.45, 2.75) is 78.1 Å². The predicted octanol–water partition coefficient (Wildman–Crippen LogP) is 2.74. The molecule has 26 heavy (non-hydrogen) atoms. The summed E-state index contributed by atoms with van der Waals surface area (Å²) >= 11 is 0. The zero-order valence-electron chi connectivity index (χ0n) is 15.2. The van der Waals surface area contributed by atoms with E-state index in [2.05, 4.69) is 9.13 Å². The van der Waals surface area contributed by atoms with Crippen LogP contribution in [0.3, 0.4) is 0 Å². The summed E-state index contributed by atoms with van der Waals surface area (Å²) < 4.78 is 42.7. The van der Waals surface area contributed by atoms with Gasteiger partial charge in [0, 0.05) is 19.3 Å². The molecule has 0 aromatic heterocycles. The van der Waals surface area contributed by atoms with Crippen molar-refractivity contribution in [2.24, 2.45) is 4.40 Å². The molecule has 0 radical (unpaired) electrons. The maximum absolute atomic E-state index is 11.6. The molecule has 0 saturated heterocycles. The van der Waals surface area contributed by atoms with Crippen LogP contribution >= 0.6 is 0 Å². The molecule has 0 unspecified atom stereocenters. The Morgan fingerprint density at radius 1 is 0.769 bits per heavy atom. The first kappa shape index (κ1) is 24.2. The predicted molar refractivity (Wildman–Crippen MR) is 93.7 cm³/mol. The average Bonchev–Trinajstić information content (AvgIpc) is 2.51. The molecule has 10 heteroatoms. The monoisotopic (exact) mass is 393 g/mol. The fourth-order valence-corrected chi connectivity index (χ4v) is 2.29. The summed E-state index contributed by atoms with van der Waals surface area (Å²) in [4.78, 5) is 34.7. The smallest absolute Gasteiger partial charge is 0.381 e. The van der Waals surface area contributed by atoms with Crippen LogP contribution in [0.1, 0.15) is 78.1 Å². The van der Waals surface area contributed by atoms with Gasteiger partial charge in [-0.3, -0.25) is 18.9 Å². The van der Waals surface area contributed by atoms with Crippen LogP contribution in [0.4, 0.5) is 0 Å². The highest BCUT2D eigenvalue weighted by Crippen LogP contribution is 2.07. The Balaban J connectivity index is 4.56. The van der Waals surface area contributed by atoms with Crippen molar-refractivity contribution in [3.63, 3.8) is 0 Å². The van der Waals surface area contributed by atoms with Crippen LogP contribution in [0.5, 0.6) is 0 Å². The summed E-state index contributed by atoms with van der Waals surface area (Å²) in [5.41, 5.74) is 0. The molecule has 0 amide bonds. The van der Waals surface area contributed by atoms with E-state index in [0.717, 1.165) is 25.7 Å². The minimum Gasteiger partial charge on any atom is -0.411 e. The normalized spacial score (nSPS) is 11.9. The number of ether oxygens (including phenoxy) is 2. The molecule has 0 spiro atoms. The Labute approximate surface area is 154 Å². The Morgan fingerprint density at radius 2 is 1.23 bits per heavy atom. The minimum absolute atomic E-state index is 0.0543. The molecule has 0 atom stereocenters. The number of rotatable bonds is 12. The van der Waals surface area contributed by atoms with Gasteiger partial charge >= 0.3 is 28.2 Å². The summed E-state index contributed by atoms with van der Waals surface area (Å²) in [5.74, 6) is -2.90. The van der Waals surface area contributed by atoms with Crippen LogP contribution in [-0.2, 0) is 34.2 Å². The third-order valence-corrected chi connectivity index (χ3v) is 3.62. The molecule has 0 fully saturated rings. The second kappa shape index (κ2) is 13.4. The molecule has 0 rings (SSSR count). The van der Waals surface area contributed by atoms with E-state index in [1.807, 2.05) is 13.8 Å². The number of unbranched alkanes of at least 4 members (excludes halogenated alkanes) is 4. The van der Waals surface area contributed by atoms with Crippen LogP contribution in [0.2, 0.25) is 0 Å². The van der Waals surface area contributed by atoms with Crippen molar-refractivity contribution < 1.29 is 36.8 Å². The van der Waals surface area contributed by atoms with E-state index in [1.165, 1.54) is 0 Å². The van der Waals surface area contributed by atoms with Crippen LogP contribution in [0, 0.1) is 0 Å². The van der Waals surface area contributed by atoms with Gasteiger partial charge in [0.2, 0.25) is 5.90 Å². The van der Waals surface area contributed by atoms with Crippen LogP contribution in [0.25, 0.3) is 0 Å². The lowest BCUT2D eigenvalue weighted by Crippen LogP contribution is -2.18. The fourth-order valence-electron chi connectivity index (χ4n) is 1.90. The van der Waals surface area contributed by atoms with Crippen molar-refractivity contribution >= 4 is 34.1 Å². The van der Waals surface area contributed by atoms with Gasteiger partial charge in [0.25, 0.3) is 0 Å². The van der Waals surface area contributed by atoms with E-state index in [4.69, 9.17) is 9.29 Å². The lowest BCUT2D eigenvalue weighted by atomic mass is 10.2. The molecular formula is C16H27NO8S. The first-order valence-corrected chi connectivity index (χ1v) is 10.1. The lowest BCUT2D eigenvalue weighted by molar-refractivity contribution is -0.159. The number of carbonyl (C=O) groups is 3. The Morgan fingerprint density at radius 3 is 1.69 bits per heavy atom. The molecule has 0 bridgehead atoms. The Hall–Kier alpha value is -1.81. The molecule has 0 aliphatic carbocycles. The molecular weight excluding hydrogens is 366 g/mol. The molecule has 0 aliphatic heterocycles. The summed E-state index contributed by atoms with van der Waals surface area (Å²) in [6.45, 7) is 3.92. The number of hydrogen-bond acceptors (Lipinski definition) is 7. The molecule has 0 heterocycles. The van der Waals surface area contributed by atoms with Crippen molar-refractivity contribution in [2.75, 3.05) is 0 Å². The molecule has 0 aromatic rings. The number of nitrogens with zero attached hydrogens (tertiary/aromatic N) is 1. The van der Waals surface area contributed by atoms with E-state index in [-0.39, 0.29) is 12.8 Å². The number of esters is 3. The highest BCUT2D eigenvalue weighted by Gasteiger charge is 2.17. The van der Waals surface area contributed by atoms with Gasteiger partial charge in [0.15, 0.2) is 0 Å². The second-order valence-electron chi connectivity index (χ2n) is 5.67. The maximum Gasteiger partial charge on any atom is 0.381 e. The third kappa shape index (κ3) is 14.5. The van der Waals surface area contributed by atoms with Gasteiger partial charge in [0.1, 0.15) is 0 Å². The van der Waals surface area contributed by atoms with Crippen LogP contribution in [-0.4, -0.2) is 36.8 Å². The highest BCUT2D eigenvalue weighted by molar-refractivity contribution is 7.84. The van der Waals surface area contributed by atoms with E-state index in [9.17, 15) is 22.8 Å². The summed E-state index contributed by atoms with van der Waals surface area (Å²) in [6.07, 6.45) is 3.94. The molecule has 9 nitrogen and oxygen atoms in total. The lowest BCUT2D eigenvalue weighted by Gasteiger charge is -2.07. The minimum atomic E-state index is -4.79. The van der Waals surface area contributed by atoms with E-state index >= 15 is 0 Å². The molecule has 150 valence electrons. The standard InChI is InChI=1S/C16H27NO8S/c1-3-5-7-9-14(18)24-13(17-26(21,22)23)11-12-16(20)25-15(19)10-8-6-4-2/h3-12H2,1-2H3,(H,21,22,23). The first-order valence-electron chi connectivity index (χ1n) is 8.68. The van der Waals surface area contributed by atoms with Crippen molar-refractivity contribution in [1.82, 2.24) is 0 Å². The quantitative estimate of drug-likeness (QED) is 0.133. The van der Waals surface area contributed by atoms with Crippen molar-refractivity contribution in [3.05, 3.63) is 0 Å². The summed E-state index contributed by atoms with van der Waals surface area (Å²) in [5, 5.41) is 0. The van der Waals surface area contributed by atoms with Gasteiger partial charge in [-0.15, -0.1) is 4.40 Å². The fraction of sp³-hybridized carbons (Fsp3) is 0.750. The van der Waals surface area contributed by atoms with Gasteiger partial charge in [-0.05, 0) is 12.8 Å². The van der Waals surface area contributed by atoms with Gasteiger partial charge in [0.05, 0.1) is 6.42 Å². The Kier molecular flexibility index (Phi) is 12.5. The summed E-state index contributed by atoms with van der Waals surface area (Å²) in [6, 6.07) is 0. The third-order valence-electron chi connectivity index (χ3n) is 3.19. The highest BCUT2D eigenvalue weighted by atomic mass is 32.2. The average molecular weight is 393 g/mol. The zero-order chi connectivity index (χ0) is 20.0. The summed E-state index contributed by atoms with van der Waals surface area (Å²) in [7, 11) is -4.79.